The smallest absolute Gasteiger partial charge is 0.321 e. The van der Waals surface area contributed by atoms with Gasteiger partial charge in [-0.1, -0.05) is 30.2 Å². The molecule has 2 aromatic carbocycles. The largest absolute Gasteiger partial charge is 0.493 e. The van der Waals surface area contributed by atoms with Crippen LogP contribution in [0.15, 0.2) is 57.7 Å². The number of Topliss-reactive ketones (excluding diaryl/α,β-unsaturated/α-hetero) is 1. The minimum atomic E-state index is -2.52. The molecule has 202 valence electrons. The molecule has 1 saturated carbocycles. The summed E-state index contributed by atoms with van der Waals surface area (Å²) in [6.45, 7) is 0.240. The molecule has 39 heavy (non-hydrogen) atoms. The highest BCUT2D eigenvalue weighted by molar-refractivity contribution is 6.06. The van der Waals surface area contributed by atoms with E-state index in [1.807, 2.05) is 0 Å². The standard InChI is InChI=1S/C28H27N3O8/c32-22(24-14-18-13-19(9-10-23(18)39-24)38-16-17-5-1-2-6-17)15-28(26(34)35,27(36)37)11-12-31-25(33)20-7-3-4-8-21(20)29-30-31/h3-4,7-10,13-14,17H,1-2,5-6,11-12,15-16H2,(H,34,35)(H,36,37). The molecule has 0 atom stereocenters. The van der Waals surface area contributed by atoms with Crippen LogP contribution in [0.3, 0.4) is 0 Å². The normalized spacial score (nSPS) is 14.2. The second-order valence-corrected chi connectivity index (χ2v) is 9.95. The second kappa shape index (κ2) is 10.7. The molecular weight excluding hydrogens is 506 g/mol. The quantitative estimate of drug-likeness (QED) is 0.213. The Hall–Kier alpha value is -4.54. The van der Waals surface area contributed by atoms with Gasteiger partial charge in [-0.25, -0.2) is 4.68 Å². The number of aryl methyl sites for hydroxylation is 1. The number of ketones is 1. The minimum Gasteiger partial charge on any atom is -0.493 e. The molecule has 0 bridgehead atoms. The van der Waals surface area contributed by atoms with Crippen LogP contribution in [0.1, 0.15) is 49.1 Å². The Morgan fingerprint density at radius 2 is 1.79 bits per heavy atom. The SMILES string of the molecule is O=C(CC(CCn1nnc2ccccc2c1=O)(C(=O)O)C(=O)O)c1cc2cc(OCC3CCCC3)ccc2o1. The molecule has 2 heterocycles. The molecular formula is C28H27N3O8. The molecule has 11 heteroatoms. The van der Waals surface area contributed by atoms with Gasteiger partial charge in [-0.3, -0.25) is 19.2 Å². The lowest BCUT2D eigenvalue weighted by Gasteiger charge is -2.23. The van der Waals surface area contributed by atoms with Crippen molar-refractivity contribution in [3.63, 3.8) is 0 Å². The van der Waals surface area contributed by atoms with Crippen molar-refractivity contribution < 1.29 is 33.8 Å². The number of rotatable bonds is 11. The average Bonchev–Trinajstić information content (AvgIpc) is 3.60. The van der Waals surface area contributed by atoms with Gasteiger partial charge in [0, 0.05) is 18.4 Å². The summed E-state index contributed by atoms with van der Waals surface area (Å²) >= 11 is 0. The van der Waals surface area contributed by atoms with Crippen molar-refractivity contribution in [2.24, 2.45) is 11.3 Å². The Kier molecular flexibility index (Phi) is 7.14. The van der Waals surface area contributed by atoms with Crippen molar-refractivity contribution in [2.75, 3.05) is 6.61 Å². The number of aromatic nitrogens is 3. The predicted octanol–water partition coefficient (Wildman–Crippen LogP) is 3.93. The van der Waals surface area contributed by atoms with E-state index in [1.165, 1.54) is 18.9 Å². The van der Waals surface area contributed by atoms with Crippen LogP contribution >= 0.6 is 0 Å². The summed E-state index contributed by atoms with van der Waals surface area (Å²) in [4.78, 5) is 50.4. The highest BCUT2D eigenvalue weighted by Crippen LogP contribution is 2.33. The molecule has 0 amide bonds. The summed E-state index contributed by atoms with van der Waals surface area (Å²) in [5.74, 6) is -3.21. The summed E-state index contributed by atoms with van der Waals surface area (Å²) in [6.07, 6.45) is 3.25. The molecule has 1 aliphatic carbocycles. The molecule has 0 radical (unpaired) electrons. The number of aliphatic carboxylic acids is 2. The molecule has 2 aromatic heterocycles. The molecule has 5 rings (SSSR count). The van der Waals surface area contributed by atoms with Crippen LogP contribution in [0.2, 0.25) is 0 Å². The van der Waals surface area contributed by atoms with Crippen molar-refractivity contribution >= 4 is 39.6 Å². The molecule has 4 aromatic rings. The van der Waals surface area contributed by atoms with Crippen molar-refractivity contribution in [3.05, 3.63) is 64.6 Å². The number of carbonyl (C=O) groups excluding carboxylic acids is 1. The molecule has 0 aliphatic heterocycles. The van der Waals surface area contributed by atoms with Crippen LogP contribution < -0.4 is 10.3 Å². The van der Waals surface area contributed by atoms with Crippen LogP contribution in [0.25, 0.3) is 21.9 Å². The van der Waals surface area contributed by atoms with Crippen molar-refractivity contribution in [3.8, 4) is 5.75 Å². The number of fused-ring (bicyclic) bond motifs is 2. The monoisotopic (exact) mass is 533 g/mol. The van der Waals surface area contributed by atoms with Gasteiger partial charge >= 0.3 is 11.9 Å². The maximum Gasteiger partial charge on any atom is 0.321 e. The zero-order valence-corrected chi connectivity index (χ0v) is 21.0. The lowest BCUT2D eigenvalue weighted by Crippen LogP contribution is -2.43. The molecule has 0 spiro atoms. The van der Waals surface area contributed by atoms with Crippen molar-refractivity contribution in [1.29, 1.82) is 0 Å². The Morgan fingerprint density at radius 3 is 2.54 bits per heavy atom. The Morgan fingerprint density at radius 1 is 1.05 bits per heavy atom. The van der Waals surface area contributed by atoms with Gasteiger partial charge in [0.25, 0.3) is 5.56 Å². The average molecular weight is 534 g/mol. The zero-order valence-electron chi connectivity index (χ0n) is 21.0. The van der Waals surface area contributed by atoms with Gasteiger partial charge in [-0.15, -0.1) is 5.10 Å². The topological polar surface area (TPSA) is 162 Å². The third-order valence-corrected chi connectivity index (χ3v) is 7.38. The maximum absolute atomic E-state index is 13.1. The van der Waals surface area contributed by atoms with E-state index >= 15 is 0 Å². The Bertz CT molecular complexity index is 1600. The highest BCUT2D eigenvalue weighted by Gasteiger charge is 2.48. The first kappa shape index (κ1) is 26.1. The zero-order chi connectivity index (χ0) is 27.6. The molecule has 1 fully saturated rings. The van der Waals surface area contributed by atoms with Gasteiger partial charge < -0.3 is 19.4 Å². The van der Waals surface area contributed by atoms with Crippen LogP contribution in [0, 0.1) is 11.3 Å². The van der Waals surface area contributed by atoms with Crippen molar-refractivity contribution in [2.45, 2.75) is 45.1 Å². The maximum atomic E-state index is 13.1. The predicted molar refractivity (Wildman–Crippen MR) is 139 cm³/mol. The van der Waals surface area contributed by atoms with E-state index in [-0.39, 0.29) is 17.7 Å². The third kappa shape index (κ3) is 5.25. The van der Waals surface area contributed by atoms with Crippen LogP contribution in [0.5, 0.6) is 5.75 Å². The molecule has 1 aliphatic rings. The van der Waals surface area contributed by atoms with Crippen LogP contribution in [0.4, 0.5) is 0 Å². The van der Waals surface area contributed by atoms with E-state index < -0.39 is 41.5 Å². The Balaban J connectivity index is 1.35. The fourth-order valence-corrected chi connectivity index (χ4v) is 5.01. The van der Waals surface area contributed by atoms with E-state index in [4.69, 9.17) is 9.15 Å². The third-order valence-electron chi connectivity index (χ3n) is 7.38. The fourth-order valence-electron chi connectivity index (χ4n) is 5.01. The molecule has 11 nitrogen and oxygen atoms in total. The first-order valence-electron chi connectivity index (χ1n) is 12.8. The molecule has 0 unspecified atom stereocenters. The first-order valence-corrected chi connectivity index (χ1v) is 12.8. The number of hydrogen-bond acceptors (Lipinski definition) is 8. The molecule has 0 saturated heterocycles. The van der Waals surface area contributed by atoms with Crippen molar-refractivity contribution in [1.82, 2.24) is 15.0 Å². The summed E-state index contributed by atoms with van der Waals surface area (Å²) in [7, 11) is 0. The van der Waals surface area contributed by atoms with E-state index in [9.17, 15) is 29.4 Å². The van der Waals surface area contributed by atoms with E-state index in [1.54, 1.807) is 42.5 Å². The van der Waals surface area contributed by atoms with Gasteiger partial charge in [0.1, 0.15) is 16.8 Å². The summed E-state index contributed by atoms with van der Waals surface area (Å²) < 4.78 is 12.4. The van der Waals surface area contributed by atoms with E-state index in [2.05, 4.69) is 10.3 Å². The summed E-state index contributed by atoms with van der Waals surface area (Å²) in [5, 5.41) is 28.4. The van der Waals surface area contributed by atoms with Gasteiger partial charge in [0.15, 0.2) is 17.0 Å². The summed E-state index contributed by atoms with van der Waals surface area (Å²) in [6, 6.07) is 13.0. The number of nitrogens with zero attached hydrogens (tertiary/aromatic N) is 3. The van der Waals surface area contributed by atoms with Gasteiger partial charge in [-0.2, -0.15) is 0 Å². The number of carboxylic acids is 2. The minimum absolute atomic E-state index is 0.160. The number of hydrogen-bond donors (Lipinski definition) is 2. The fraction of sp³-hybridized carbons (Fsp3) is 0.357. The number of carboxylic acid groups (broad SMARTS) is 2. The highest BCUT2D eigenvalue weighted by atomic mass is 16.5. The van der Waals surface area contributed by atoms with E-state index in [0.717, 1.165) is 17.5 Å². The van der Waals surface area contributed by atoms with Gasteiger partial charge in [0.2, 0.25) is 0 Å². The van der Waals surface area contributed by atoms with E-state index in [0.29, 0.717) is 34.8 Å². The number of benzene rings is 2. The van der Waals surface area contributed by atoms with Gasteiger partial charge in [0.05, 0.1) is 12.0 Å². The number of ether oxygens (including phenoxy) is 1. The number of furan rings is 1. The second-order valence-electron chi connectivity index (χ2n) is 9.95. The summed E-state index contributed by atoms with van der Waals surface area (Å²) in [5.41, 5.74) is -2.31. The van der Waals surface area contributed by atoms with Gasteiger partial charge in [-0.05, 0) is 61.6 Å². The number of carbonyl (C=O) groups is 3. The Labute approximate surface area is 222 Å². The lowest BCUT2D eigenvalue weighted by atomic mass is 9.79. The van der Waals surface area contributed by atoms with Crippen LogP contribution in [-0.2, 0) is 16.1 Å². The lowest BCUT2D eigenvalue weighted by molar-refractivity contribution is -0.165. The van der Waals surface area contributed by atoms with Crippen LogP contribution in [-0.4, -0.2) is 49.5 Å². The first-order chi connectivity index (χ1) is 18.8. The molecule has 2 N–H and O–H groups in total.